The number of imidazole rings is 1. The number of benzene rings is 2. The lowest BCUT2D eigenvalue weighted by molar-refractivity contribution is 0.0919. The van der Waals surface area contributed by atoms with Crippen LogP contribution < -0.4 is 21.1 Å². The first-order valence-corrected chi connectivity index (χ1v) is 11.7. The van der Waals surface area contributed by atoms with Crippen LogP contribution in [0.3, 0.4) is 0 Å². The minimum atomic E-state index is -0.397. The predicted octanol–water partition coefficient (Wildman–Crippen LogP) is 3.56. The molecule has 0 aliphatic carbocycles. The molecule has 10 heteroatoms. The highest BCUT2D eigenvalue weighted by Crippen LogP contribution is 2.29. The molecule has 2 aromatic carbocycles. The van der Waals surface area contributed by atoms with Crippen molar-refractivity contribution in [2.75, 3.05) is 38.7 Å². The van der Waals surface area contributed by atoms with E-state index in [9.17, 15) is 9.18 Å². The van der Waals surface area contributed by atoms with Crippen LogP contribution in [0.25, 0.3) is 16.9 Å². The van der Waals surface area contributed by atoms with Crippen molar-refractivity contribution >= 4 is 23.1 Å². The van der Waals surface area contributed by atoms with Crippen LogP contribution in [0, 0.1) is 5.82 Å². The maximum atomic E-state index is 14.1. The second-order valence-corrected chi connectivity index (χ2v) is 8.00. The molecule has 4 rings (SSSR count). The number of anilines is 2. The summed E-state index contributed by atoms with van der Waals surface area (Å²) in [5, 5.41) is 6.17. The first kappa shape index (κ1) is 25.1. The average molecular weight is 493 g/mol. The second-order valence-electron chi connectivity index (χ2n) is 8.00. The number of nitrogens with two attached hydrogens (primary N) is 1. The number of aromatic nitrogens is 3. The Morgan fingerprint density at radius 1 is 1.17 bits per heavy atom. The number of nitrogens with zero attached hydrogens (tertiary/aromatic N) is 3. The molecule has 0 unspecified atom stereocenters. The summed E-state index contributed by atoms with van der Waals surface area (Å²) in [6.07, 6.45) is 5.75. The van der Waals surface area contributed by atoms with E-state index in [0.717, 1.165) is 11.3 Å². The van der Waals surface area contributed by atoms with Gasteiger partial charge in [-0.1, -0.05) is 6.92 Å². The van der Waals surface area contributed by atoms with Gasteiger partial charge in [0.2, 0.25) is 0 Å². The molecule has 188 valence electrons. The minimum Gasteiger partial charge on any atom is -0.497 e. The van der Waals surface area contributed by atoms with E-state index in [0.29, 0.717) is 66.8 Å². The Labute approximate surface area is 208 Å². The first-order chi connectivity index (χ1) is 17.5. The van der Waals surface area contributed by atoms with Crippen molar-refractivity contribution in [3.05, 3.63) is 71.9 Å². The molecule has 4 aromatic rings. The highest BCUT2D eigenvalue weighted by atomic mass is 19.1. The number of hydrogen-bond acceptors (Lipinski definition) is 7. The van der Waals surface area contributed by atoms with E-state index in [1.54, 1.807) is 30.7 Å². The van der Waals surface area contributed by atoms with Gasteiger partial charge in [-0.3, -0.25) is 9.20 Å². The number of rotatable bonds is 11. The number of hydrogen-bond donors (Lipinski definition) is 3. The van der Waals surface area contributed by atoms with Crippen LogP contribution in [0.2, 0.25) is 0 Å². The molecule has 36 heavy (non-hydrogen) atoms. The Hall–Kier alpha value is -4.02. The molecule has 4 N–H and O–H groups in total. The van der Waals surface area contributed by atoms with Gasteiger partial charge in [0.05, 0.1) is 32.2 Å². The van der Waals surface area contributed by atoms with Gasteiger partial charge in [-0.2, -0.15) is 0 Å². The number of amides is 1. The van der Waals surface area contributed by atoms with Crippen molar-refractivity contribution < 1.29 is 18.7 Å². The van der Waals surface area contributed by atoms with E-state index in [1.807, 2.05) is 23.5 Å². The molecular weight excluding hydrogens is 463 g/mol. The number of ether oxygens (including phenoxy) is 2. The zero-order valence-electron chi connectivity index (χ0n) is 20.3. The van der Waals surface area contributed by atoms with Crippen molar-refractivity contribution in [3.8, 4) is 17.0 Å². The van der Waals surface area contributed by atoms with Crippen molar-refractivity contribution in [1.29, 1.82) is 0 Å². The van der Waals surface area contributed by atoms with E-state index in [2.05, 4.69) is 20.6 Å². The normalized spacial score (nSPS) is 11.0. The summed E-state index contributed by atoms with van der Waals surface area (Å²) in [4.78, 5) is 21.6. The lowest BCUT2D eigenvalue weighted by Gasteiger charge is -2.13. The Balaban J connectivity index is 1.56. The fourth-order valence-electron chi connectivity index (χ4n) is 3.89. The van der Waals surface area contributed by atoms with Gasteiger partial charge in [0.15, 0.2) is 11.5 Å². The standard InChI is InChI=1S/C26H29FN6O3/c1-3-17-13-20(4-5-22(17)26(34)30-8-11-36-10-6-28)32-24-25-31-16-23(33(25)9-7-29-24)18-12-19(27)15-21(14-18)35-2/h4-5,7,9,12-16H,3,6,8,10-11,28H2,1-2H3,(H,29,32)(H,30,34). The van der Waals surface area contributed by atoms with Crippen molar-refractivity contribution in [1.82, 2.24) is 19.7 Å². The molecule has 1 amide bonds. The molecule has 0 saturated carbocycles. The zero-order chi connectivity index (χ0) is 25.5. The summed E-state index contributed by atoms with van der Waals surface area (Å²) in [5.41, 5.74) is 9.58. The Morgan fingerprint density at radius 3 is 2.81 bits per heavy atom. The second kappa shape index (κ2) is 11.6. The Morgan fingerprint density at radius 2 is 2.03 bits per heavy atom. The van der Waals surface area contributed by atoms with Crippen molar-refractivity contribution in [3.63, 3.8) is 0 Å². The van der Waals surface area contributed by atoms with Crippen LogP contribution in [0.1, 0.15) is 22.8 Å². The van der Waals surface area contributed by atoms with E-state index in [-0.39, 0.29) is 5.91 Å². The number of carbonyl (C=O) groups excluding carboxylic acids is 1. The maximum absolute atomic E-state index is 14.1. The highest BCUT2D eigenvalue weighted by molar-refractivity contribution is 5.96. The monoisotopic (exact) mass is 492 g/mol. The maximum Gasteiger partial charge on any atom is 0.251 e. The fourth-order valence-corrected chi connectivity index (χ4v) is 3.89. The molecule has 0 spiro atoms. The summed E-state index contributed by atoms with van der Waals surface area (Å²) < 4.78 is 26.4. The van der Waals surface area contributed by atoms with Gasteiger partial charge < -0.3 is 25.8 Å². The third-order valence-corrected chi connectivity index (χ3v) is 5.62. The van der Waals surface area contributed by atoms with Crippen LogP contribution in [-0.2, 0) is 11.2 Å². The quantitative estimate of drug-likeness (QED) is 0.274. The highest BCUT2D eigenvalue weighted by Gasteiger charge is 2.15. The summed E-state index contributed by atoms with van der Waals surface area (Å²) in [7, 11) is 1.50. The lowest BCUT2D eigenvalue weighted by Crippen LogP contribution is -2.28. The molecular formula is C26H29FN6O3. The van der Waals surface area contributed by atoms with Gasteiger partial charge in [-0.25, -0.2) is 14.4 Å². The molecule has 0 radical (unpaired) electrons. The molecule has 0 bridgehead atoms. The number of halogens is 1. The van der Waals surface area contributed by atoms with Gasteiger partial charge in [-0.15, -0.1) is 0 Å². The number of nitrogens with one attached hydrogen (secondary N) is 2. The predicted molar refractivity (Wildman–Crippen MR) is 136 cm³/mol. The molecule has 2 aromatic heterocycles. The van der Waals surface area contributed by atoms with Gasteiger partial charge >= 0.3 is 0 Å². The first-order valence-electron chi connectivity index (χ1n) is 11.7. The van der Waals surface area contributed by atoms with Crippen LogP contribution in [0.4, 0.5) is 15.9 Å². The minimum absolute atomic E-state index is 0.154. The SMILES string of the molecule is CCc1cc(Nc2nccn3c(-c4cc(F)cc(OC)c4)cnc23)ccc1C(=O)NCCOCCN. The smallest absolute Gasteiger partial charge is 0.251 e. The molecule has 0 aliphatic heterocycles. The number of carbonyl (C=O) groups is 1. The number of methoxy groups -OCH3 is 1. The van der Waals surface area contributed by atoms with Crippen molar-refractivity contribution in [2.45, 2.75) is 13.3 Å². The van der Waals surface area contributed by atoms with E-state index in [1.165, 1.54) is 19.2 Å². The largest absolute Gasteiger partial charge is 0.497 e. The zero-order valence-corrected chi connectivity index (χ0v) is 20.3. The van der Waals surface area contributed by atoms with Gasteiger partial charge in [-0.05, 0) is 42.3 Å². The van der Waals surface area contributed by atoms with E-state index >= 15 is 0 Å². The van der Waals surface area contributed by atoms with Crippen LogP contribution >= 0.6 is 0 Å². The summed E-state index contributed by atoms with van der Waals surface area (Å²) in [6, 6.07) is 10.0. The van der Waals surface area contributed by atoms with Gasteiger partial charge in [0, 0.05) is 48.4 Å². The van der Waals surface area contributed by atoms with Crippen LogP contribution in [0.5, 0.6) is 5.75 Å². The van der Waals surface area contributed by atoms with Gasteiger partial charge in [0.1, 0.15) is 11.6 Å². The third kappa shape index (κ3) is 5.61. The molecule has 0 aliphatic rings. The van der Waals surface area contributed by atoms with Crippen LogP contribution in [0.15, 0.2) is 55.0 Å². The topological polar surface area (TPSA) is 116 Å². The Bertz CT molecular complexity index is 1360. The third-order valence-electron chi connectivity index (χ3n) is 5.62. The molecule has 0 fully saturated rings. The average Bonchev–Trinajstić information content (AvgIpc) is 3.33. The molecule has 2 heterocycles. The molecule has 0 saturated heterocycles. The van der Waals surface area contributed by atoms with E-state index in [4.69, 9.17) is 15.2 Å². The molecule has 0 atom stereocenters. The van der Waals surface area contributed by atoms with Gasteiger partial charge in [0.25, 0.3) is 5.91 Å². The summed E-state index contributed by atoms with van der Waals surface area (Å²) in [5.74, 6) is 0.402. The van der Waals surface area contributed by atoms with Crippen molar-refractivity contribution in [2.24, 2.45) is 5.73 Å². The lowest BCUT2D eigenvalue weighted by atomic mass is 10.0. The van der Waals surface area contributed by atoms with E-state index < -0.39 is 5.82 Å². The molecule has 9 nitrogen and oxygen atoms in total. The fraction of sp³-hybridized carbons (Fsp3) is 0.269. The summed E-state index contributed by atoms with van der Waals surface area (Å²) >= 11 is 0. The number of fused-ring (bicyclic) bond motifs is 1. The Kier molecular flexibility index (Phi) is 8.09. The number of aryl methyl sites for hydroxylation is 1. The summed E-state index contributed by atoms with van der Waals surface area (Å²) in [6.45, 7) is 3.73. The van der Waals surface area contributed by atoms with Crippen LogP contribution in [-0.4, -0.2) is 53.7 Å².